The molecule has 1 aromatic carbocycles. The van der Waals surface area contributed by atoms with Crippen molar-refractivity contribution in [2.24, 2.45) is 5.92 Å². The van der Waals surface area contributed by atoms with E-state index < -0.39 is 0 Å². The summed E-state index contributed by atoms with van der Waals surface area (Å²) in [5, 5.41) is 0. The van der Waals surface area contributed by atoms with Crippen LogP contribution in [0, 0.1) is 5.92 Å². The number of likely N-dealkylation sites (tertiary alicyclic amines) is 1. The minimum absolute atomic E-state index is 0.0596. The van der Waals surface area contributed by atoms with Gasteiger partial charge in [0.05, 0.1) is 7.11 Å². The second-order valence-corrected chi connectivity index (χ2v) is 6.87. The summed E-state index contributed by atoms with van der Waals surface area (Å²) in [6.45, 7) is 5.25. The third kappa shape index (κ3) is 4.95. The zero-order chi connectivity index (χ0) is 17.5. The fourth-order valence-corrected chi connectivity index (χ4v) is 3.60. The van der Waals surface area contributed by atoms with Crippen LogP contribution in [0.4, 0.5) is 0 Å². The highest BCUT2D eigenvalue weighted by Gasteiger charge is 2.23. The molecule has 2 aliphatic rings. The quantitative estimate of drug-likeness (QED) is 0.709. The van der Waals surface area contributed by atoms with Crippen molar-refractivity contribution >= 4 is 5.78 Å². The van der Waals surface area contributed by atoms with Gasteiger partial charge in [-0.2, -0.15) is 0 Å². The summed E-state index contributed by atoms with van der Waals surface area (Å²) in [6, 6.07) is 5.53. The molecule has 0 aromatic heterocycles. The maximum Gasteiger partial charge on any atom is 0.166 e. The second-order valence-electron chi connectivity index (χ2n) is 6.87. The molecule has 0 unspecified atom stereocenters. The van der Waals surface area contributed by atoms with Gasteiger partial charge in [-0.1, -0.05) is 6.42 Å². The molecule has 0 spiro atoms. The van der Waals surface area contributed by atoms with Crippen molar-refractivity contribution in [3.8, 4) is 11.5 Å². The Morgan fingerprint density at radius 1 is 1.16 bits per heavy atom. The standard InChI is InChI=1S/C20H29NO4/c1-23-19-15-17(20(22)16-7-12-24-13-8-16)5-6-18(19)25-14-11-21-9-3-2-4-10-21/h5-6,15-16H,2-4,7-14H2,1H3. The van der Waals surface area contributed by atoms with Crippen LogP contribution >= 0.6 is 0 Å². The van der Waals surface area contributed by atoms with Gasteiger partial charge in [-0.15, -0.1) is 0 Å². The van der Waals surface area contributed by atoms with Crippen LogP contribution in [0.2, 0.25) is 0 Å². The van der Waals surface area contributed by atoms with Crippen molar-refractivity contribution in [2.75, 3.05) is 46.6 Å². The number of ketones is 1. The Morgan fingerprint density at radius 3 is 2.64 bits per heavy atom. The first-order valence-electron chi connectivity index (χ1n) is 9.43. The highest BCUT2D eigenvalue weighted by molar-refractivity contribution is 5.98. The number of piperidine rings is 1. The van der Waals surface area contributed by atoms with Crippen LogP contribution in [0.1, 0.15) is 42.5 Å². The minimum atomic E-state index is 0.0596. The number of nitrogens with zero attached hydrogens (tertiary/aromatic N) is 1. The van der Waals surface area contributed by atoms with E-state index >= 15 is 0 Å². The average molecular weight is 347 g/mol. The number of methoxy groups -OCH3 is 1. The molecule has 2 heterocycles. The number of rotatable bonds is 7. The van der Waals surface area contributed by atoms with Gasteiger partial charge in [0.1, 0.15) is 6.61 Å². The van der Waals surface area contributed by atoms with Gasteiger partial charge in [0.15, 0.2) is 17.3 Å². The maximum absolute atomic E-state index is 12.6. The first-order valence-corrected chi connectivity index (χ1v) is 9.43. The fraction of sp³-hybridized carbons (Fsp3) is 0.650. The molecule has 5 nitrogen and oxygen atoms in total. The predicted octanol–water partition coefficient (Wildman–Crippen LogP) is 3.17. The summed E-state index contributed by atoms with van der Waals surface area (Å²) in [5.41, 5.74) is 0.701. The zero-order valence-corrected chi connectivity index (χ0v) is 15.2. The summed E-state index contributed by atoms with van der Waals surface area (Å²) in [7, 11) is 1.62. The van der Waals surface area contributed by atoms with Gasteiger partial charge >= 0.3 is 0 Å². The van der Waals surface area contributed by atoms with Gasteiger partial charge in [-0.3, -0.25) is 9.69 Å². The van der Waals surface area contributed by atoms with Crippen molar-refractivity contribution in [1.82, 2.24) is 4.90 Å². The summed E-state index contributed by atoms with van der Waals surface area (Å²) in [6.07, 6.45) is 5.51. The van der Waals surface area contributed by atoms with E-state index in [1.165, 1.54) is 32.4 Å². The Morgan fingerprint density at radius 2 is 1.92 bits per heavy atom. The van der Waals surface area contributed by atoms with E-state index in [0.717, 1.165) is 19.4 Å². The predicted molar refractivity (Wildman–Crippen MR) is 96.7 cm³/mol. The van der Waals surface area contributed by atoms with Crippen LogP contribution in [0.25, 0.3) is 0 Å². The summed E-state index contributed by atoms with van der Waals surface area (Å²) in [4.78, 5) is 15.1. The van der Waals surface area contributed by atoms with E-state index in [9.17, 15) is 4.79 Å². The maximum atomic E-state index is 12.6. The van der Waals surface area contributed by atoms with Gasteiger partial charge in [-0.25, -0.2) is 0 Å². The lowest BCUT2D eigenvalue weighted by molar-refractivity contribution is 0.0544. The molecule has 1 aromatic rings. The van der Waals surface area contributed by atoms with Gasteiger partial charge in [0.25, 0.3) is 0 Å². The van der Waals surface area contributed by atoms with Crippen LogP contribution in [-0.2, 0) is 4.74 Å². The molecule has 0 radical (unpaired) electrons. The van der Waals surface area contributed by atoms with Gasteiger partial charge < -0.3 is 14.2 Å². The lowest BCUT2D eigenvalue weighted by Gasteiger charge is -2.26. The number of hydrogen-bond acceptors (Lipinski definition) is 5. The highest BCUT2D eigenvalue weighted by Crippen LogP contribution is 2.30. The molecule has 0 saturated carbocycles. The average Bonchev–Trinajstić information content (AvgIpc) is 2.69. The van der Waals surface area contributed by atoms with E-state index in [4.69, 9.17) is 14.2 Å². The van der Waals surface area contributed by atoms with Crippen LogP contribution < -0.4 is 9.47 Å². The third-order valence-corrected chi connectivity index (χ3v) is 5.15. The Balaban J connectivity index is 1.57. The monoisotopic (exact) mass is 347 g/mol. The molecule has 0 aliphatic carbocycles. The summed E-state index contributed by atoms with van der Waals surface area (Å²) >= 11 is 0. The molecule has 2 fully saturated rings. The fourth-order valence-electron chi connectivity index (χ4n) is 3.60. The summed E-state index contributed by atoms with van der Waals surface area (Å²) in [5.74, 6) is 1.59. The number of hydrogen-bond donors (Lipinski definition) is 0. The number of carbonyl (C=O) groups is 1. The van der Waals surface area contributed by atoms with Crippen LogP contribution in [0.15, 0.2) is 18.2 Å². The van der Waals surface area contributed by atoms with Gasteiger partial charge in [0, 0.05) is 31.2 Å². The largest absolute Gasteiger partial charge is 0.493 e. The smallest absolute Gasteiger partial charge is 0.166 e. The normalized spacial score (nSPS) is 19.6. The Labute approximate surface area is 150 Å². The number of carbonyl (C=O) groups excluding carboxylic acids is 1. The van der Waals surface area contributed by atoms with E-state index in [1.807, 2.05) is 18.2 Å². The molecule has 2 saturated heterocycles. The molecule has 138 valence electrons. The molecule has 3 rings (SSSR count). The molecular weight excluding hydrogens is 318 g/mol. The number of benzene rings is 1. The van der Waals surface area contributed by atoms with Crippen molar-refractivity contribution in [3.63, 3.8) is 0 Å². The molecule has 0 atom stereocenters. The van der Waals surface area contributed by atoms with Crippen molar-refractivity contribution in [2.45, 2.75) is 32.1 Å². The minimum Gasteiger partial charge on any atom is -0.493 e. The van der Waals surface area contributed by atoms with Gasteiger partial charge in [0.2, 0.25) is 0 Å². The zero-order valence-electron chi connectivity index (χ0n) is 15.2. The van der Waals surface area contributed by atoms with Crippen LogP contribution in [0.5, 0.6) is 11.5 Å². The van der Waals surface area contributed by atoms with Crippen LogP contribution in [-0.4, -0.2) is 57.2 Å². The Kier molecular flexibility index (Phi) is 6.70. The molecule has 25 heavy (non-hydrogen) atoms. The Bertz CT molecular complexity index is 563. The number of ether oxygens (including phenoxy) is 3. The lowest BCUT2D eigenvalue weighted by atomic mass is 9.91. The molecule has 0 N–H and O–H groups in total. The first kappa shape index (κ1) is 18.2. The number of Topliss-reactive ketones (excluding diaryl/α,β-unsaturated/α-hetero) is 1. The summed E-state index contributed by atoms with van der Waals surface area (Å²) < 4.78 is 16.7. The Hall–Kier alpha value is -1.59. The molecule has 5 heteroatoms. The van der Waals surface area contributed by atoms with Crippen molar-refractivity contribution in [1.29, 1.82) is 0 Å². The van der Waals surface area contributed by atoms with E-state index in [1.54, 1.807) is 7.11 Å². The van der Waals surface area contributed by atoms with Crippen molar-refractivity contribution < 1.29 is 19.0 Å². The lowest BCUT2D eigenvalue weighted by Crippen LogP contribution is -2.33. The van der Waals surface area contributed by atoms with E-state index in [0.29, 0.717) is 36.9 Å². The van der Waals surface area contributed by atoms with Crippen molar-refractivity contribution in [3.05, 3.63) is 23.8 Å². The highest BCUT2D eigenvalue weighted by atomic mass is 16.5. The third-order valence-electron chi connectivity index (χ3n) is 5.15. The molecule has 2 aliphatic heterocycles. The molecule has 0 bridgehead atoms. The van der Waals surface area contributed by atoms with E-state index in [2.05, 4.69) is 4.90 Å². The first-order chi connectivity index (χ1) is 12.3. The topological polar surface area (TPSA) is 48.0 Å². The van der Waals surface area contributed by atoms with Gasteiger partial charge in [-0.05, 0) is 57.0 Å². The van der Waals surface area contributed by atoms with E-state index in [-0.39, 0.29) is 11.7 Å². The van der Waals surface area contributed by atoms with Crippen LogP contribution in [0.3, 0.4) is 0 Å². The molecule has 0 amide bonds. The molecular formula is C20H29NO4. The second kappa shape index (κ2) is 9.20. The SMILES string of the molecule is COc1cc(C(=O)C2CCOCC2)ccc1OCCN1CCCCC1.